The van der Waals surface area contributed by atoms with Crippen molar-refractivity contribution in [1.82, 2.24) is 15.1 Å². The molecule has 162 valence electrons. The molecule has 1 fully saturated rings. The lowest BCUT2D eigenvalue weighted by Crippen LogP contribution is -2.43. The van der Waals surface area contributed by atoms with Crippen molar-refractivity contribution in [1.29, 1.82) is 0 Å². The summed E-state index contributed by atoms with van der Waals surface area (Å²) in [5.74, 6) is 0.796. The molecule has 0 aliphatic carbocycles. The van der Waals surface area contributed by atoms with Crippen molar-refractivity contribution in [2.45, 2.75) is 63.3 Å². The van der Waals surface area contributed by atoms with Gasteiger partial charge in [-0.25, -0.2) is 4.79 Å². The Hall–Kier alpha value is -2.28. The molecule has 3 rings (SSSR count). The van der Waals surface area contributed by atoms with Gasteiger partial charge < -0.3 is 14.4 Å². The molecule has 1 aliphatic rings. The monoisotopic (exact) mass is 429 g/mol. The fraction of sp³-hybridized carbons (Fsp3) is 0.522. The summed E-state index contributed by atoms with van der Waals surface area (Å²) in [5.41, 5.74) is 3.46. The van der Waals surface area contributed by atoms with Gasteiger partial charge in [-0.05, 0) is 76.8 Å². The molecule has 1 saturated heterocycles. The molecule has 6 nitrogen and oxygen atoms in total. The van der Waals surface area contributed by atoms with Gasteiger partial charge in [-0.1, -0.05) is 17.8 Å². The van der Waals surface area contributed by atoms with Gasteiger partial charge in [0.25, 0.3) is 0 Å². The van der Waals surface area contributed by atoms with Gasteiger partial charge in [0.2, 0.25) is 0 Å². The molecule has 0 radical (unpaired) electrons. The van der Waals surface area contributed by atoms with Crippen LogP contribution in [0.25, 0.3) is 11.3 Å². The number of ether oxygens (including phenoxy) is 2. The average Bonchev–Trinajstić information content (AvgIpc) is 2.68. The largest absolute Gasteiger partial charge is 0.496 e. The van der Waals surface area contributed by atoms with E-state index in [0.717, 1.165) is 52.5 Å². The van der Waals surface area contributed by atoms with E-state index < -0.39 is 5.60 Å². The lowest BCUT2D eigenvalue weighted by atomic mass is 10.1. The first-order valence-electron chi connectivity index (χ1n) is 10.3. The Morgan fingerprint density at radius 3 is 2.63 bits per heavy atom. The van der Waals surface area contributed by atoms with Crippen LogP contribution in [0.2, 0.25) is 0 Å². The van der Waals surface area contributed by atoms with Crippen LogP contribution in [0, 0.1) is 13.8 Å². The van der Waals surface area contributed by atoms with Gasteiger partial charge >= 0.3 is 6.09 Å². The summed E-state index contributed by atoms with van der Waals surface area (Å²) >= 11 is 1.69. The van der Waals surface area contributed by atoms with Gasteiger partial charge in [-0.15, -0.1) is 10.2 Å². The Morgan fingerprint density at radius 2 is 1.97 bits per heavy atom. The first kappa shape index (κ1) is 22.4. The third kappa shape index (κ3) is 5.65. The standard InChI is InChI=1S/C23H31N3O3S/c1-15-9-10-18(20(12-15)28-6)19-13-16(2)21(25-24-19)30-17-8-7-11-26(14-17)22(27)29-23(3,4)5/h9-10,12-13,17H,7-8,11,14H2,1-6H3/t17-/m1/s1. The lowest BCUT2D eigenvalue weighted by Gasteiger charge is -2.33. The number of methoxy groups -OCH3 is 1. The Kier molecular flexibility index (Phi) is 6.91. The number of rotatable bonds is 4. The van der Waals surface area contributed by atoms with E-state index in [1.165, 1.54) is 0 Å². The van der Waals surface area contributed by atoms with Gasteiger partial charge in [-0.3, -0.25) is 0 Å². The zero-order valence-corrected chi connectivity index (χ0v) is 19.5. The molecule has 1 aromatic heterocycles. The van der Waals surface area contributed by atoms with Gasteiger partial charge in [0.15, 0.2) is 0 Å². The number of hydrogen-bond donors (Lipinski definition) is 0. The number of piperidine rings is 1. The third-order valence-electron chi connectivity index (χ3n) is 4.88. The highest BCUT2D eigenvalue weighted by molar-refractivity contribution is 7.99. The van der Waals surface area contributed by atoms with Crippen molar-refractivity contribution in [3.05, 3.63) is 35.4 Å². The van der Waals surface area contributed by atoms with Crippen molar-refractivity contribution in [3.63, 3.8) is 0 Å². The number of aromatic nitrogens is 2. The Morgan fingerprint density at radius 1 is 1.20 bits per heavy atom. The summed E-state index contributed by atoms with van der Waals surface area (Å²) in [6, 6.07) is 8.12. The van der Waals surface area contributed by atoms with Crippen LogP contribution < -0.4 is 4.74 Å². The van der Waals surface area contributed by atoms with Crippen LogP contribution in [0.4, 0.5) is 4.79 Å². The molecule has 0 unspecified atom stereocenters. The molecule has 1 aliphatic heterocycles. The molecule has 0 bridgehead atoms. The zero-order chi connectivity index (χ0) is 21.9. The Balaban J connectivity index is 1.71. The zero-order valence-electron chi connectivity index (χ0n) is 18.7. The molecule has 0 N–H and O–H groups in total. The smallest absolute Gasteiger partial charge is 0.410 e. The van der Waals surface area contributed by atoms with Crippen LogP contribution >= 0.6 is 11.8 Å². The van der Waals surface area contributed by atoms with E-state index in [1.54, 1.807) is 23.8 Å². The summed E-state index contributed by atoms with van der Waals surface area (Å²) in [7, 11) is 1.67. The van der Waals surface area contributed by atoms with E-state index in [1.807, 2.05) is 45.9 Å². The molecular formula is C23H31N3O3S. The molecule has 2 heterocycles. The molecule has 1 aromatic carbocycles. The molecule has 0 saturated carbocycles. The lowest BCUT2D eigenvalue weighted by molar-refractivity contribution is 0.0220. The minimum absolute atomic E-state index is 0.238. The van der Waals surface area contributed by atoms with E-state index in [-0.39, 0.29) is 11.3 Å². The fourth-order valence-electron chi connectivity index (χ4n) is 3.42. The van der Waals surface area contributed by atoms with Crippen LogP contribution in [0.15, 0.2) is 29.3 Å². The number of amides is 1. The van der Waals surface area contributed by atoms with E-state index in [0.29, 0.717) is 6.54 Å². The number of hydrogen-bond acceptors (Lipinski definition) is 6. The normalized spacial score (nSPS) is 17.0. The number of thioether (sulfide) groups is 1. The summed E-state index contributed by atoms with van der Waals surface area (Å²) in [5, 5.41) is 10.1. The van der Waals surface area contributed by atoms with Crippen LogP contribution in [0.1, 0.15) is 44.7 Å². The molecule has 1 atom stereocenters. The van der Waals surface area contributed by atoms with Crippen molar-refractivity contribution in [3.8, 4) is 17.0 Å². The number of carbonyl (C=O) groups is 1. The summed E-state index contributed by atoms with van der Waals surface area (Å²) < 4.78 is 11.1. The Bertz CT molecular complexity index is 911. The van der Waals surface area contributed by atoms with Crippen molar-refractivity contribution < 1.29 is 14.3 Å². The average molecular weight is 430 g/mol. The molecular weight excluding hydrogens is 398 g/mol. The molecule has 30 heavy (non-hydrogen) atoms. The fourth-order valence-corrected chi connectivity index (χ4v) is 4.60. The third-order valence-corrected chi connectivity index (χ3v) is 6.23. The van der Waals surface area contributed by atoms with Gasteiger partial charge in [-0.2, -0.15) is 0 Å². The van der Waals surface area contributed by atoms with Crippen LogP contribution in [-0.4, -0.2) is 52.2 Å². The predicted octanol–water partition coefficient (Wildman–Crippen LogP) is 5.26. The van der Waals surface area contributed by atoms with Crippen molar-refractivity contribution in [2.75, 3.05) is 20.2 Å². The maximum Gasteiger partial charge on any atom is 0.410 e. The second-order valence-corrected chi connectivity index (χ2v) is 10.0. The van der Waals surface area contributed by atoms with Crippen LogP contribution in [-0.2, 0) is 4.74 Å². The van der Waals surface area contributed by atoms with Crippen molar-refractivity contribution in [2.24, 2.45) is 0 Å². The van der Waals surface area contributed by atoms with E-state index in [2.05, 4.69) is 23.2 Å². The minimum atomic E-state index is -0.480. The van der Waals surface area contributed by atoms with Crippen molar-refractivity contribution >= 4 is 17.9 Å². The maximum atomic E-state index is 12.4. The highest BCUT2D eigenvalue weighted by Crippen LogP contribution is 2.34. The van der Waals surface area contributed by atoms with Gasteiger partial charge in [0.05, 0.1) is 12.8 Å². The number of carbonyl (C=O) groups excluding carboxylic acids is 1. The van der Waals surface area contributed by atoms with Gasteiger partial charge in [0.1, 0.15) is 16.4 Å². The highest BCUT2D eigenvalue weighted by Gasteiger charge is 2.28. The van der Waals surface area contributed by atoms with Crippen LogP contribution in [0.3, 0.4) is 0 Å². The molecule has 0 spiro atoms. The second-order valence-electron chi connectivity index (χ2n) is 8.73. The van der Waals surface area contributed by atoms with E-state index in [9.17, 15) is 4.79 Å². The quantitative estimate of drug-likeness (QED) is 0.660. The minimum Gasteiger partial charge on any atom is -0.496 e. The summed E-state index contributed by atoms with van der Waals surface area (Å²) in [6.07, 6.45) is 1.76. The number of benzene rings is 1. The maximum absolute atomic E-state index is 12.4. The second kappa shape index (κ2) is 9.25. The first-order valence-corrected chi connectivity index (χ1v) is 11.2. The molecule has 7 heteroatoms. The van der Waals surface area contributed by atoms with Crippen LogP contribution in [0.5, 0.6) is 5.75 Å². The SMILES string of the molecule is COc1cc(C)ccc1-c1cc(C)c(S[C@@H]2CCCN(C(=O)OC(C)(C)C)C2)nn1. The topological polar surface area (TPSA) is 64.5 Å². The number of nitrogens with zero attached hydrogens (tertiary/aromatic N) is 3. The highest BCUT2D eigenvalue weighted by atomic mass is 32.2. The summed E-state index contributed by atoms with van der Waals surface area (Å²) in [6.45, 7) is 11.2. The number of aryl methyl sites for hydroxylation is 2. The van der Waals surface area contributed by atoms with Gasteiger partial charge in [0, 0.05) is 23.9 Å². The van der Waals surface area contributed by atoms with E-state index in [4.69, 9.17) is 9.47 Å². The molecule has 2 aromatic rings. The first-order chi connectivity index (χ1) is 14.2. The van der Waals surface area contributed by atoms with E-state index >= 15 is 0 Å². The molecule has 1 amide bonds. The Labute approximate surface area is 183 Å². The predicted molar refractivity (Wildman–Crippen MR) is 120 cm³/mol. The summed E-state index contributed by atoms with van der Waals surface area (Å²) in [4.78, 5) is 14.2. The number of likely N-dealkylation sites (tertiary alicyclic amines) is 1.